The fourth-order valence-electron chi connectivity index (χ4n) is 4.72. The van der Waals surface area contributed by atoms with Crippen molar-refractivity contribution in [2.45, 2.75) is 11.3 Å². The zero-order valence-electron chi connectivity index (χ0n) is 17.0. The molecule has 0 fully saturated rings. The predicted octanol–water partition coefficient (Wildman–Crippen LogP) is 1.38. The average molecular weight is 534 g/mol. The summed E-state index contributed by atoms with van der Waals surface area (Å²) in [5.74, 6) is 0.257. The van der Waals surface area contributed by atoms with Crippen molar-refractivity contribution in [3.63, 3.8) is 0 Å². The molecule has 4 aromatic carbocycles. The third-order valence-corrected chi connectivity index (χ3v) is 6.63. The Kier molecular flexibility index (Phi) is 5.68. The van der Waals surface area contributed by atoms with Gasteiger partial charge >= 0.3 is 28.0 Å². The first-order valence-corrected chi connectivity index (χ1v) is 12.0. The standard InChI is InChI=1S/C27H19IO4/c29-26-27(20-13-5-2-6-14-20,22-16-8-10-18-24(22)31-26)25(19-11-3-1-4-12-19)21-15-7-9-17-23(21)32-28-30/h1-18,25H. The van der Waals surface area contributed by atoms with Crippen molar-refractivity contribution in [2.75, 3.05) is 0 Å². The SMILES string of the molecule is O=C1Oc2ccccc2C1(c1ccccc1)C(c1ccccc1)c1ccccc1O[I+][O-]. The molecule has 0 aliphatic carbocycles. The minimum atomic E-state index is -1.70. The number of halogens is 1. The number of fused-ring (bicyclic) bond motifs is 1. The highest BCUT2D eigenvalue weighted by molar-refractivity contribution is 5.96. The van der Waals surface area contributed by atoms with Crippen LogP contribution in [0.1, 0.15) is 28.2 Å². The smallest absolute Gasteiger partial charge is 0.514 e. The zero-order chi connectivity index (χ0) is 22.0. The number of hydrogen-bond acceptors (Lipinski definition) is 4. The van der Waals surface area contributed by atoms with Crippen LogP contribution in [0, 0.1) is 0 Å². The van der Waals surface area contributed by atoms with Crippen LogP contribution < -0.4 is 33.3 Å². The maximum Gasteiger partial charge on any atom is 0.514 e. The third-order valence-electron chi connectivity index (χ3n) is 5.98. The highest BCUT2D eigenvalue weighted by Crippen LogP contribution is 2.56. The molecule has 1 aliphatic rings. The van der Waals surface area contributed by atoms with Gasteiger partial charge in [0, 0.05) is 17.0 Å². The molecule has 2 atom stereocenters. The molecule has 158 valence electrons. The van der Waals surface area contributed by atoms with Gasteiger partial charge in [0.1, 0.15) is 11.2 Å². The number of benzene rings is 4. The largest absolute Gasteiger partial charge is 0.558 e. The van der Waals surface area contributed by atoms with Gasteiger partial charge in [-0.05, 0) is 23.3 Å². The minimum Gasteiger partial charge on any atom is -0.558 e. The molecule has 0 saturated heterocycles. The van der Waals surface area contributed by atoms with Crippen LogP contribution in [0.3, 0.4) is 0 Å². The summed E-state index contributed by atoms with van der Waals surface area (Å²) in [4.78, 5) is 13.9. The molecule has 1 aliphatic heterocycles. The Morgan fingerprint density at radius 3 is 2.16 bits per heavy atom. The molecule has 0 spiro atoms. The van der Waals surface area contributed by atoms with Crippen molar-refractivity contribution in [3.05, 3.63) is 131 Å². The van der Waals surface area contributed by atoms with Crippen LogP contribution >= 0.6 is 0 Å². The lowest BCUT2D eigenvalue weighted by atomic mass is 9.62. The van der Waals surface area contributed by atoms with Crippen molar-refractivity contribution >= 4 is 5.97 Å². The second kappa shape index (κ2) is 8.76. The van der Waals surface area contributed by atoms with Crippen LogP contribution in [-0.4, -0.2) is 5.97 Å². The molecule has 5 heteroatoms. The van der Waals surface area contributed by atoms with Gasteiger partial charge in [0.25, 0.3) is 0 Å². The monoisotopic (exact) mass is 534 g/mol. The quantitative estimate of drug-likeness (QED) is 0.213. The molecule has 1 heterocycles. The summed E-state index contributed by atoms with van der Waals surface area (Å²) in [7, 11) is 0. The van der Waals surface area contributed by atoms with Crippen molar-refractivity contribution in [1.82, 2.24) is 0 Å². The summed E-state index contributed by atoms with van der Waals surface area (Å²) >= 11 is -1.70. The molecule has 0 bridgehead atoms. The van der Waals surface area contributed by atoms with E-state index >= 15 is 0 Å². The number of para-hydroxylation sites is 2. The Balaban J connectivity index is 1.89. The summed E-state index contributed by atoms with van der Waals surface area (Å²) in [6.45, 7) is 0. The fraction of sp³-hybridized carbons (Fsp3) is 0.0741. The lowest BCUT2D eigenvalue weighted by Crippen LogP contribution is -3.72. The number of rotatable bonds is 6. The Morgan fingerprint density at radius 1 is 0.781 bits per heavy atom. The van der Waals surface area contributed by atoms with Gasteiger partial charge in [-0.25, -0.2) is 0 Å². The van der Waals surface area contributed by atoms with E-state index in [0.717, 1.165) is 22.3 Å². The molecule has 0 amide bonds. The van der Waals surface area contributed by atoms with E-state index in [4.69, 9.17) is 7.80 Å². The molecule has 2 unspecified atom stereocenters. The maximum atomic E-state index is 13.9. The highest BCUT2D eigenvalue weighted by atomic mass is 127. The van der Waals surface area contributed by atoms with Crippen molar-refractivity contribution in [1.29, 1.82) is 0 Å². The van der Waals surface area contributed by atoms with Gasteiger partial charge in [0.05, 0.1) is 0 Å². The van der Waals surface area contributed by atoms with Crippen molar-refractivity contribution in [2.24, 2.45) is 0 Å². The van der Waals surface area contributed by atoms with E-state index in [1.54, 1.807) is 6.07 Å². The lowest BCUT2D eigenvalue weighted by Gasteiger charge is -2.36. The third kappa shape index (κ3) is 3.29. The van der Waals surface area contributed by atoms with Crippen LogP contribution in [0.2, 0.25) is 0 Å². The van der Waals surface area contributed by atoms with Gasteiger partial charge in [0.2, 0.25) is 0 Å². The molecule has 32 heavy (non-hydrogen) atoms. The van der Waals surface area contributed by atoms with Gasteiger partial charge in [-0.3, -0.25) is 7.86 Å². The van der Waals surface area contributed by atoms with E-state index < -0.39 is 33.4 Å². The Bertz CT molecular complexity index is 1240. The summed E-state index contributed by atoms with van der Waals surface area (Å²) in [6, 6.07) is 34.6. The number of ether oxygens (including phenoxy) is 1. The molecule has 4 aromatic rings. The van der Waals surface area contributed by atoms with Gasteiger partial charge in [-0.15, -0.1) is 0 Å². The van der Waals surface area contributed by atoms with Gasteiger partial charge in [-0.1, -0.05) is 97.1 Å². The Hall–Kier alpha value is -3.16. The maximum absolute atomic E-state index is 13.9. The number of carbonyl (C=O) groups is 1. The van der Waals surface area contributed by atoms with E-state index in [-0.39, 0.29) is 5.97 Å². The van der Waals surface area contributed by atoms with E-state index in [9.17, 15) is 8.23 Å². The first kappa shape index (κ1) is 20.7. The summed E-state index contributed by atoms with van der Waals surface area (Å²) in [5, 5.41) is 0. The number of carbonyl (C=O) groups excluding carboxylic acids is 1. The summed E-state index contributed by atoms with van der Waals surface area (Å²) in [5.41, 5.74) is 2.21. The molecule has 0 saturated carbocycles. The van der Waals surface area contributed by atoms with E-state index in [2.05, 4.69) is 0 Å². The zero-order valence-corrected chi connectivity index (χ0v) is 19.1. The van der Waals surface area contributed by atoms with Gasteiger partial charge in [0.15, 0.2) is 5.75 Å². The second-order valence-corrected chi connectivity index (χ2v) is 8.38. The van der Waals surface area contributed by atoms with Gasteiger partial charge in [-0.2, -0.15) is 0 Å². The highest BCUT2D eigenvalue weighted by Gasteiger charge is 2.57. The molecule has 0 N–H and O–H groups in total. The average Bonchev–Trinajstić information content (AvgIpc) is 3.14. The second-order valence-electron chi connectivity index (χ2n) is 7.58. The first-order chi connectivity index (χ1) is 15.8. The Labute approximate surface area is 197 Å². The predicted molar refractivity (Wildman–Crippen MR) is 115 cm³/mol. The van der Waals surface area contributed by atoms with Crippen molar-refractivity contribution in [3.8, 4) is 11.5 Å². The van der Waals surface area contributed by atoms with Crippen LogP contribution in [0.4, 0.5) is 0 Å². The minimum absolute atomic E-state index is 0.342. The Morgan fingerprint density at radius 2 is 1.41 bits per heavy atom. The normalized spacial score (nSPS) is 18.0. The van der Waals surface area contributed by atoms with Crippen LogP contribution in [0.15, 0.2) is 109 Å². The summed E-state index contributed by atoms with van der Waals surface area (Å²) in [6.07, 6.45) is 0. The van der Waals surface area contributed by atoms with Crippen LogP contribution in [0.25, 0.3) is 0 Å². The van der Waals surface area contributed by atoms with Crippen LogP contribution in [-0.2, 0) is 10.2 Å². The van der Waals surface area contributed by atoms with E-state index in [0.29, 0.717) is 11.5 Å². The van der Waals surface area contributed by atoms with E-state index in [1.165, 1.54) is 0 Å². The summed E-state index contributed by atoms with van der Waals surface area (Å²) < 4.78 is 23.0. The molecule has 0 aromatic heterocycles. The number of esters is 1. The molecule has 0 radical (unpaired) electrons. The molecular weight excluding hydrogens is 515 g/mol. The molecular formula is C27H19IO4. The van der Waals surface area contributed by atoms with Crippen molar-refractivity contribution < 1.29 is 38.1 Å². The fourth-order valence-corrected chi connectivity index (χ4v) is 5.31. The first-order valence-electron chi connectivity index (χ1n) is 10.2. The molecule has 5 rings (SSSR count). The topological polar surface area (TPSA) is 58.6 Å². The van der Waals surface area contributed by atoms with E-state index in [1.807, 2.05) is 103 Å². The lowest BCUT2D eigenvalue weighted by molar-refractivity contribution is -1.25. The number of hydrogen-bond donors (Lipinski definition) is 0. The molecule has 4 nitrogen and oxygen atoms in total. The van der Waals surface area contributed by atoms with Crippen LogP contribution in [0.5, 0.6) is 11.5 Å². The van der Waals surface area contributed by atoms with Gasteiger partial charge < -0.3 is 8.17 Å².